The molecule has 1 amide bonds. The number of halogens is 3. The van der Waals surface area contributed by atoms with Crippen LogP contribution in [0.2, 0.25) is 5.02 Å². The smallest absolute Gasteiger partial charge is 0.257 e. The number of carbonyl (C=O) groups is 1. The average Bonchev–Trinajstić information content (AvgIpc) is 2.34. The third-order valence-corrected chi connectivity index (χ3v) is 2.95. The van der Waals surface area contributed by atoms with Crippen LogP contribution in [0.1, 0.15) is 10.4 Å². The number of amides is 1. The second-order valence-corrected chi connectivity index (χ2v) is 4.23. The number of phenols is 1. The van der Waals surface area contributed by atoms with E-state index in [4.69, 9.17) is 11.6 Å². The van der Waals surface area contributed by atoms with E-state index < -0.39 is 11.7 Å². The first-order valence-corrected chi connectivity index (χ1v) is 5.65. The first-order chi connectivity index (χ1) is 8.09. The normalized spacial score (nSPS) is 15.1. The van der Waals surface area contributed by atoms with Crippen molar-refractivity contribution in [1.82, 2.24) is 10.2 Å². The van der Waals surface area contributed by atoms with Gasteiger partial charge in [-0.2, -0.15) is 0 Å². The molecule has 1 aliphatic rings. The molecule has 0 aliphatic carbocycles. The fourth-order valence-electron chi connectivity index (χ4n) is 1.77. The highest BCUT2D eigenvalue weighted by molar-refractivity contribution is 6.32. The van der Waals surface area contributed by atoms with Gasteiger partial charge in [0.2, 0.25) is 0 Å². The Labute approximate surface area is 115 Å². The molecule has 1 fully saturated rings. The fourth-order valence-corrected chi connectivity index (χ4v) is 1.97. The molecule has 1 aromatic carbocycles. The minimum absolute atomic E-state index is 0. The number of aromatic hydroxyl groups is 1. The third-order valence-electron chi connectivity index (χ3n) is 2.66. The zero-order valence-corrected chi connectivity index (χ0v) is 11.0. The molecule has 7 heteroatoms. The number of hydrogen-bond acceptors (Lipinski definition) is 3. The van der Waals surface area contributed by atoms with Crippen molar-refractivity contribution in [3.63, 3.8) is 0 Å². The summed E-state index contributed by atoms with van der Waals surface area (Å²) in [7, 11) is 0. The van der Waals surface area contributed by atoms with Crippen molar-refractivity contribution in [3.8, 4) is 5.75 Å². The molecule has 2 rings (SSSR count). The molecule has 0 radical (unpaired) electrons. The molecule has 0 saturated carbocycles. The average molecular weight is 295 g/mol. The number of rotatable bonds is 1. The maximum atomic E-state index is 13.2. The summed E-state index contributed by atoms with van der Waals surface area (Å²) < 4.78 is 13.2. The van der Waals surface area contributed by atoms with Gasteiger partial charge in [-0.25, -0.2) is 4.39 Å². The molecule has 0 aromatic heterocycles. The first-order valence-electron chi connectivity index (χ1n) is 5.27. The number of phenolic OH excluding ortho intramolecular Hbond substituents is 1. The Morgan fingerprint density at radius 1 is 1.39 bits per heavy atom. The third kappa shape index (κ3) is 3.04. The quantitative estimate of drug-likeness (QED) is 0.828. The van der Waals surface area contributed by atoms with Crippen molar-refractivity contribution < 1.29 is 14.3 Å². The van der Waals surface area contributed by atoms with E-state index >= 15 is 0 Å². The van der Waals surface area contributed by atoms with E-state index in [2.05, 4.69) is 5.32 Å². The number of carbonyl (C=O) groups excluding carboxylic acids is 1. The van der Waals surface area contributed by atoms with Gasteiger partial charge in [0.25, 0.3) is 5.91 Å². The van der Waals surface area contributed by atoms with Gasteiger partial charge in [0.1, 0.15) is 11.6 Å². The van der Waals surface area contributed by atoms with Gasteiger partial charge < -0.3 is 15.3 Å². The SMILES string of the molecule is Cl.O=C(c1cc(F)cc(Cl)c1O)N1CCNCC1. The largest absolute Gasteiger partial charge is 0.506 e. The van der Waals surface area contributed by atoms with Crippen molar-refractivity contribution in [2.24, 2.45) is 0 Å². The predicted octanol–water partition coefficient (Wildman–Crippen LogP) is 1.65. The lowest BCUT2D eigenvalue weighted by Crippen LogP contribution is -2.46. The maximum absolute atomic E-state index is 13.2. The second kappa shape index (κ2) is 6.22. The lowest BCUT2D eigenvalue weighted by atomic mass is 10.1. The van der Waals surface area contributed by atoms with Gasteiger partial charge in [-0.3, -0.25) is 4.79 Å². The Morgan fingerprint density at radius 2 is 2.00 bits per heavy atom. The minimum atomic E-state index is -0.633. The summed E-state index contributed by atoms with van der Waals surface area (Å²) in [6.45, 7) is 2.45. The summed E-state index contributed by atoms with van der Waals surface area (Å²) in [5.74, 6) is -1.40. The maximum Gasteiger partial charge on any atom is 0.257 e. The lowest BCUT2D eigenvalue weighted by molar-refractivity contribution is 0.0732. The topological polar surface area (TPSA) is 52.6 Å². The molecule has 0 unspecified atom stereocenters. The molecule has 100 valence electrons. The Balaban J connectivity index is 0.00000162. The van der Waals surface area contributed by atoms with E-state index in [9.17, 15) is 14.3 Å². The standard InChI is InChI=1S/C11H12ClFN2O2.ClH/c12-9-6-7(13)5-8(10(9)16)11(17)15-3-1-14-2-4-15;/h5-6,14,16H,1-4H2;1H. The van der Waals surface area contributed by atoms with Crippen molar-refractivity contribution in [3.05, 3.63) is 28.5 Å². The molecule has 4 nitrogen and oxygen atoms in total. The van der Waals surface area contributed by atoms with Crippen molar-refractivity contribution in [1.29, 1.82) is 0 Å². The molecule has 0 atom stereocenters. The van der Waals surface area contributed by atoms with Gasteiger partial charge >= 0.3 is 0 Å². The van der Waals surface area contributed by atoms with Crippen LogP contribution in [-0.2, 0) is 0 Å². The molecular weight excluding hydrogens is 282 g/mol. The van der Waals surface area contributed by atoms with Crippen LogP contribution >= 0.6 is 24.0 Å². The summed E-state index contributed by atoms with van der Waals surface area (Å²) in [6.07, 6.45) is 0. The van der Waals surface area contributed by atoms with Gasteiger partial charge in [-0.05, 0) is 12.1 Å². The van der Waals surface area contributed by atoms with E-state index in [0.717, 1.165) is 12.1 Å². The molecule has 0 bridgehead atoms. The van der Waals surface area contributed by atoms with Crippen LogP contribution in [0.25, 0.3) is 0 Å². The van der Waals surface area contributed by atoms with Gasteiger partial charge in [0, 0.05) is 26.2 Å². The van der Waals surface area contributed by atoms with E-state index in [1.807, 2.05) is 0 Å². The highest BCUT2D eigenvalue weighted by Crippen LogP contribution is 2.29. The van der Waals surface area contributed by atoms with Crippen molar-refractivity contribution >= 4 is 29.9 Å². The predicted molar refractivity (Wildman–Crippen MR) is 69.1 cm³/mol. The minimum Gasteiger partial charge on any atom is -0.506 e. The summed E-state index contributed by atoms with van der Waals surface area (Å²) in [5, 5.41) is 12.6. The van der Waals surface area contributed by atoms with E-state index in [-0.39, 0.29) is 28.7 Å². The molecule has 1 saturated heterocycles. The second-order valence-electron chi connectivity index (χ2n) is 3.83. The highest BCUT2D eigenvalue weighted by Gasteiger charge is 2.22. The van der Waals surface area contributed by atoms with Crippen LogP contribution in [0.3, 0.4) is 0 Å². The van der Waals surface area contributed by atoms with Gasteiger partial charge in [-0.15, -0.1) is 12.4 Å². The van der Waals surface area contributed by atoms with Crippen LogP contribution in [0.5, 0.6) is 5.75 Å². The molecule has 2 N–H and O–H groups in total. The summed E-state index contributed by atoms with van der Waals surface area (Å²) in [4.78, 5) is 13.6. The van der Waals surface area contributed by atoms with E-state index in [1.165, 1.54) is 0 Å². The molecular formula is C11H13Cl2FN2O2. The van der Waals surface area contributed by atoms with Crippen LogP contribution in [0, 0.1) is 5.82 Å². The van der Waals surface area contributed by atoms with Crippen LogP contribution < -0.4 is 5.32 Å². The van der Waals surface area contributed by atoms with Crippen LogP contribution in [-0.4, -0.2) is 42.1 Å². The number of benzene rings is 1. The highest BCUT2D eigenvalue weighted by atomic mass is 35.5. The van der Waals surface area contributed by atoms with Crippen molar-refractivity contribution in [2.45, 2.75) is 0 Å². The van der Waals surface area contributed by atoms with E-state index in [0.29, 0.717) is 26.2 Å². The molecule has 0 spiro atoms. The number of piperazine rings is 1. The van der Waals surface area contributed by atoms with Crippen LogP contribution in [0.15, 0.2) is 12.1 Å². The number of nitrogens with zero attached hydrogens (tertiary/aromatic N) is 1. The molecule has 18 heavy (non-hydrogen) atoms. The Kier molecular flexibility index (Phi) is 5.19. The zero-order valence-electron chi connectivity index (χ0n) is 9.45. The van der Waals surface area contributed by atoms with Crippen LogP contribution in [0.4, 0.5) is 4.39 Å². The zero-order chi connectivity index (χ0) is 12.4. The summed E-state index contributed by atoms with van der Waals surface area (Å²) in [5.41, 5.74) is -0.0862. The fraction of sp³-hybridized carbons (Fsp3) is 0.364. The summed E-state index contributed by atoms with van der Waals surface area (Å²) in [6, 6.07) is 1.98. The molecule has 1 aliphatic heterocycles. The lowest BCUT2D eigenvalue weighted by Gasteiger charge is -2.27. The molecule has 1 heterocycles. The first kappa shape index (κ1) is 15.0. The van der Waals surface area contributed by atoms with Gasteiger partial charge in [-0.1, -0.05) is 11.6 Å². The number of hydrogen-bond donors (Lipinski definition) is 2. The van der Waals surface area contributed by atoms with Crippen molar-refractivity contribution in [2.75, 3.05) is 26.2 Å². The Hall–Kier alpha value is -1.04. The summed E-state index contributed by atoms with van der Waals surface area (Å²) >= 11 is 5.63. The van der Waals surface area contributed by atoms with Gasteiger partial charge in [0.15, 0.2) is 0 Å². The van der Waals surface area contributed by atoms with Gasteiger partial charge in [0.05, 0.1) is 10.6 Å². The Bertz CT molecular complexity index is 451. The number of nitrogens with one attached hydrogen (secondary N) is 1. The van der Waals surface area contributed by atoms with E-state index in [1.54, 1.807) is 4.90 Å². The monoisotopic (exact) mass is 294 g/mol. The Morgan fingerprint density at radius 3 is 2.61 bits per heavy atom. The molecule has 1 aromatic rings.